The predicted octanol–water partition coefficient (Wildman–Crippen LogP) is 2.51. The van der Waals surface area contributed by atoms with Crippen LogP contribution < -0.4 is 0 Å². The summed E-state index contributed by atoms with van der Waals surface area (Å²) in [5, 5.41) is 4.63. The van der Waals surface area contributed by atoms with E-state index in [-0.39, 0.29) is 0 Å². The maximum atomic E-state index is 10.8. The molecule has 11 heavy (non-hydrogen) atoms. The Hall–Kier alpha value is -1.32. The molecule has 0 radical (unpaired) electrons. The number of carbonyl (C=O) groups is 1. The fraction of sp³-hybridized carbons (Fsp3) is 0.167. The van der Waals surface area contributed by atoms with Crippen molar-refractivity contribution >= 4 is 17.2 Å². The van der Waals surface area contributed by atoms with Crippen molar-refractivity contribution in [2.24, 2.45) is 5.11 Å². The van der Waals surface area contributed by atoms with E-state index in [1.165, 1.54) is 11.3 Å². The summed E-state index contributed by atoms with van der Waals surface area (Å²) in [6, 6.07) is 1.70. The molecule has 0 fully saturated rings. The predicted molar refractivity (Wildman–Crippen MR) is 42.5 cm³/mol. The number of hydrogen-bond acceptors (Lipinski definition) is 2. The summed E-state index contributed by atoms with van der Waals surface area (Å²) >= 11 is 1.45. The quantitative estimate of drug-likeness (QED) is 0.360. The Morgan fingerprint density at radius 2 is 2.55 bits per heavy atom. The molecule has 1 aromatic rings. The zero-order chi connectivity index (χ0) is 8.27. The van der Waals surface area contributed by atoms with Crippen LogP contribution in [-0.4, -0.2) is 5.91 Å². The third-order valence-electron chi connectivity index (χ3n) is 1.11. The molecule has 1 aromatic heterocycles. The zero-order valence-electron chi connectivity index (χ0n) is 5.81. The highest BCUT2D eigenvalue weighted by Crippen LogP contribution is 2.13. The molecule has 56 valence electrons. The van der Waals surface area contributed by atoms with Gasteiger partial charge in [0.2, 0.25) is 5.91 Å². The van der Waals surface area contributed by atoms with E-state index in [4.69, 9.17) is 5.53 Å². The minimum atomic E-state index is -0.517. The zero-order valence-corrected chi connectivity index (χ0v) is 6.63. The summed E-state index contributed by atoms with van der Waals surface area (Å²) in [6.45, 7) is 1.89. The largest absolute Gasteiger partial charge is 0.287 e. The number of hydrogen-bond donors (Lipinski definition) is 0. The molecule has 0 aliphatic carbocycles. The van der Waals surface area contributed by atoms with E-state index in [9.17, 15) is 4.79 Å². The molecule has 1 heterocycles. The molecule has 0 unspecified atom stereocenters. The Bertz CT molecular complexity index is 324. The topological polar surface area (TPSA) is 65.8 Å². The molecule has 5 heteroatoms. The third-order valence-corrected chi connectivity index (χ3v) is 1.97. The van der Waals surface area contributed by atoms with Crippen molar-refractivity contribution in [1.29, 1.82) is 0 Å². The van der Waals surface area contributed by atoms with Crippen LogP contribution in [0.15, 0.2) is 16.6 Å². The van der Waals surface area contributed by atoms with Crippen molar-refractivity contribution < 1.29 is 4.79 Å². The van der Waals surface area contributed by atoms with Gasteiger partial charge in [0.1, 0.15) is 0 Å². The lowest BCUT2D eigenvalue weighted by atomic mass is 10.3. The number of thiophene rings is 1. The number of azide groups is 1. The maximum Gasteiger partial charge on any atom is 0.250 e. The van der Waals surface area contributed by atoms with E-state index in [1.54, 1.807) is 11.4 Å². The Balaban J connectivity index is 2.93. The van der Waals surface area contributed by atoms with E-state index in [0.29, 0.717) is 5.56 Å². The van der Waals surface area contributed by atoms with E-state index in [1.807, 2.05) is 6.92 Å². The second kappa shape index (κ2) is 3.18. The summed E-state index contributed by atoms with van der Waals surface area (Å²) in [6.07, 6.45) is 0. The molecule has 0 aromatic carbocycles. The van der Waals surface area contributed by atoms with Crippen molar-refractivity contribution in [3.8, 4) is 0 Å². The summed E-state index contributed by atoms with van der Waals surface area (Å²) in [7, 11) is 0. The number of aryl methyl sites for hydroxylation is 1. The van der Waals surface area contributed by atoms with Crippen molar-refractivity contribution in [3.63, 3.8) is 0 Å². The van der Waals surface area contributed by atoms with Gasteiger partial charge in [-0.1, -0.05) is 0 Å². The first kappa shape index (κ1) is 7.78. The van der Waals surface area contributed by atoms with Gasteiger partial charge in [-0.25, -0.2) is 0 Å². The fourth-order valence-corrected chi connectivity index (χ4v) is 1.33. The second-order valence-corrected chi connectivity index (χ2v) is 3.06. The lowest BCUT2D eigenvalue weighted by Crippen LogP contribution is -1.88. The third kappa shape index (κ3) is 1.80. The van der Waals surface area contributed by atoms with Crippen LogP contribution in [0.1, 0.15) is 15.2 Å². The van der Waals surface area contributed by atoms with Crippen LogP contribution >= 0.6 is 11.3 Å². The van der Waals surface area contributed by atoms with Gasteiger partial charge in [-0.05, 0) is 23.6 Å². The molecule has 0 aliphatic heterocycles. The van der Waals surface area contributed by atoms with Gasteiger partial charge < -0.3 is 0 Å². The molecule has 0 saturated heterocycles. The van der Waals surface area contributed by atoms with Gasteiger partial charge in [-0.15, -0.1) is 11.3 Å². The molecule has 0 aliphatic rings. The highest BCUT2D eigenvalue weighted by atomic mass is 32.1. The van der Waals surface area contributed by atoms with Crippen LogP contribution in [0.2, 0.25) is 0 Å². The molecule has 0 bridgehead atoms. The van der Waals surface area contributed by atoms with Gasteiger partial charge in [0.05, 0.1) is 0 Å². The molecule has 0 N–H and O–H groups in total. The van der Waals surface area contributed by atoms with Crippen LogP contribution in [0.25, 0.3) is 10.4 Å². The van der Waals surface area contributed by atoms with Gasteiger partial charge in [0.15, 0.2) is 0 Å². The van der Waals surface area contributed by atoms with Crippen LogP contribution in [0, 0.1) is 6.92 Å². The molecule has 0 atom stereocenters. The summed E-state index contributed by atoms with van der Waals surface area (Å²) in [4.78, 5) is 14.3. The molecule has 0 spiro atoms. The number of rotatable bonds is 1. The molecule has 4 nitrogen and oxygen atoms in total. The minimum absolute atomic E-state index is 0.463. The first-order valence-corrected chi connectivity index (χ1v) is 3.76. The average Bonchev–Trinajstić information content (AvgIpc) is 2.36. The van der Waals surface area contributed by atoms with Crippen molar-refractivity contribution in [3.05, 3.63) is 32.3 Å². The Kier molecular flexibility index (Phi) is 2.25. The van der Waals surface area contributed by atoms with Crippen molar-refractivity contribution in [2.75, 3.05) is 0 Å². The highest BCUT2D eigenvalue weighted by Gasteiger charge is 2.03. The molecule has 1 rings (SSSR count). The Morgan fingerprint density at radius 1 is 1.82 bits per heavy atom. The van der Waals surface area contributed by atoms with E-state index < -0.39 is 5.91 Å². The number of nitrogens with zero attached hydrogens (tertiary/aromatic N) is 3. The summed E-state index contributed by atoms with van der Waals surface area (Å²) in [5.74, 6) is -0.517. The Labute approximate surface area is 67.1 Å². The summed E-state index contributed by atoms with van der Waals surface area (Å²) in [5.41, 5.74) is 8.41. The first-order valence-electron chi connectivity index (χ1n) is 2.88. The fourth-order valence-electron chi connectivity index (χ4n) is 0.654. The standard InChI is InChI=1S/C6H5N3OS/c1-4-2-5(3-11-4)6(10)8-9-7/h2-3H,1H3. The van der Waals surface area contributed by atoms with Crippen LogP contribution in [-0.2, 0) is 0 Å². The summed E-state index contributed by atoms with van der Waals surface area (Å²) < 4.78 is 0. The van der Waals surface area contributed by atoms with Gasteiger partial charge >= 0.3 is 0 Å². The van der Waals surface area contributed by atoms with Gasteiger partial charge in [0.25, 0.3) is 0 Å². The van der Waals surface area contributed by atoms with Crippen LogP contribution in [0.4, 0.5) is 0 Å². The van der Waals surface area contributed by atoms with Crippen LogP contribution in [0.5, 0.6) is 0 Å². The first-order chi connectivity index (χ1) is 5.24. The minimum Gasteiger partial charge on any atom is -0.287 e. The maximum absolute atomic E-state index is 10.8. The lowest BCUT2D eigenvalue weighted by Gasteiger charge is -1.81. The smallest absolute Gasteiger partial charge is 0.250 e. The second-order valence-electron chi connectivity index (χ2n) is 1.94. The average molecular weight is 167 g/mol. The van der Waals surface area contributed by atoms with E-state index >= 15 is 0 Å². The molecule has 0 saturated carbocycles. The molecular weight excluding hydrogens is 162 g/mol. The SMILES string of the molecule is Cc1cc(C(=O)N=[N+]=[N-])cs1. The van der Waals surface area contributed by atoms with Gasteiger partial charge in [0, 0.05) is 20.7 Å². The van der Waals surface area contributed by atoms with Crippen molar-refractivity contribution in [1.82, 2.24) is 0 Å². The van der Waals surface area contributed by atoms with E-state index in [2.05, 4.69) is 10.0 Å². The Morgan fingerprint density at radius 3 is 3.00 bits per heavy atom. The molecular formula is C6H5N3OS. The van der Waals surface area contributed by atoms with Gasteiger partial charge in [-0.2, -0.15) is 0 Å². The normalized spacial score (nSPS) is 8.82. The van der Waals surface area contributed by atoms with Crippen molar-refractivity contribution in [2.45, 2.75) is 6.92 Å². The molecule has 1 amide bonds. The number of amides is 1. The van der Waals surface area contributed by atoms with Crippen LogP contribution in [0.3, 0.4) is 0 Å². The lowest BCUT2D eigenvalue weighted by molar-refractivity contribution is 0.100. The van der Waals surface area contributed by atoms with Gasteiger partial charge in [-0.3, -0.25) is 4.79 Å². The number of carbonyl (C=O) groups excluding carboxylic acids is 1. The van der Waals surface area contributed by atoms with E-state index in [0.717, 1.165) is 4.88 Å². The highest BCUT2D eigenvalue weighted by molar-refractivity contribution is 7.10. The monoisotopic (exact) mass is 167 g/mol.